The molecule has 21 heavy (non-hydrogen) atoms. The third-order valence-corrected chi connectivity index (χ3v) is 4.15. The van der Waals surface area contributed by atoms with Crippen molar-refractivity contribution in [3.8, 4) is 0 Å². The van der Waals surface area contributed by atoms with Crippen LogP contribution in [0.4, 0.5) is 4.39 Å². The molecular formula is C15H20FN3OS. The monoisotopic (exact) mass is 309 g/mol. The molecule has 0 unspecified atom stereocenters. The van der Waals surface area contributed by atoms with E-state index in [0.29, 0.717) is 24.4 Å². The van der Waals surface area contributed by atoms with Gasteiger partial charge in [-0.3, -0.25) is 9.69 Å². The molecule has 0 spiro atoms. The van der Waals surface area contributed by atoms with Crippen molar-refractivity contribution in [1.29, 1.82) is 0 Å². The first-order chi connectivity index (χ1) is 9.95. The lowest BCUT2D eigenvalue weighted by atomic mass is 9.93. The van der Waals surface area contributed by atoms with Crippen molar-refractivity contribution in [3.63, 3.8) is 0 Å². The number of primary amides is 1. The van der Waals surface area contributed by atoms with Crippen LogP contribution in [-0.4, -0.2) is 28.9 Å². The summed E-state index contributed by atoms with van der Waals surface area (Å²) in [6, 6.07) is 4.55. The summed E-state index contributed by atoms with van der Waals surface area (Å²) < 4.78 is 13.3. The van der Waals surface area contributed by atoms with Crippen molar-refractivity contribution in [3.05, 3.63) is 35.1 Å². The first-order valence-corrected chi connectivity index (χ1v) is 7.45. The Morgan fingerprint density at radius 3 is 2.57 bits per heavy atom. The van der Waals surface area contributed by atoms with E-state index >= 15 is 0 Å². The number of likely N-dealkylation sites (tertiary alicyclic amines) is 1. The zero-order chi connectivity index (χ0) is 15.4. The third-order valence-electron chi connectivity index (χ3n) is 3.93. The summed E-state index contributed by atoms with van der Waals surface area (Å²) in [6.07, 6.45) is 2.36. The normalized spacial score (nSPS) is 16.8. The van der Waals surface area contributed by atoms with Crippen LogP contribution in [0.2, 0.25) is 0 Å². The fourth-order valence-electron chi connectivity index (χ4n) is 2.79. The van der Waals surface area contributed by atoms with Gasteiger partial charge in [-0.1, -0.05) is 18.3 Å². The predicted molar refractivity (Wildman–Crippen MR) is 84.1 cm³/mol. The van der Waals surface area contributed by atoms with Crippen LogP contribution in [0.15, 0.2) is 18.2 Å². The van der Waals surface area contributed by atoms with Crippen LogP contribution >= 0.6 is 12.2 Å². The number of carbonyl (C=O) groups excluding carboxylic acids is 1. The fraction of sp³-hybridized carbons (Fsp3) is 0.467. The summed E-state index contributed by atoms with van der Waals surface area (Å²) in [6.45, 7) is 2.48. The van der Waals surface area contributed by atoms with E-state index in [4.69, 9.17) is 23.7 Å². The number of carbonyl (C=O) groups is 1. The average molecular weight is 309 g/mol. The van der Waals surface area contributed by atoms with Crippen molar-refractivity contribution in [2.75, 3.05) is 13.1 Å². The standard InChI is InChI=1S/C15H20FN3OS/c16-12-2-1-11(13(8-12)15(18)21)9-19-5-3-10(4-6-19)7-14(17)20/h1-2,8,10H,3-7,9H2,(H2,17,20)(H2,18,21). The van der Waals surface area contributed by atoms with Gasteiger partial charge in [0.2, 0.25) is 5.91 Å². The van der Waals surface area contributed by atoms with Crippen LogP contribution in [0.1, 0.15) is 30.4 Å². The molecule has 1 aliphatic heterocycles. The van der Waals surface area contributed by atoms with Crippen LogP contribution in [0.25, 0.3) is 0 Å². The molecule has 4 nitrogen and oxygen atoms in total. The highest BCUT2D eigenvalue weighted by Gasteiger charge is 2.21. The topological polar surface area (TPSA) is 72.4 Å². The van der Waals surface area contributed by atoms with Gasteiger partial charge in [0.15, 0.2) is 0 Å². The van der Waals surface area contributed by atoms with Gasteiger partial charge in [0.1, 0.15) is 10.8 Å². The molecule has 1 saturated heterocycles. The Morgan fingerprint density at radius 2 is 2.00 bits per heavy atom. The Kier molecular flexibility index (Phi) is 5.25. The Bertz CT molecular complexity index is 542. The van der Waals surface area contributed by atoms with Gasteiger partial charge >= 0.3 is 0 Å². The van der Waals surface area contributed by atoms with E-state index in [1.165, 1.54) is 12.1 Å². The molecule has 1 amide bonds. The summed E-state index contributed by atoms with van der Waals surface area (Å²) >= 11 is 4.98. The van der Waals surface area contributed by atoms with Crippen molar-refractivity contribution < 1.29 is 9.18 Å². The second-order valence-electron chi connectivity index (χ2n) is 5.56. The minimum Gasteiger partial charge on any atom is -0.389 e. The molecule has 0 saturated carbocycles. The maximum Gasteiger partial charge on any atom is 0.217 e. The number of nitrogens with zero attached hydrogens (tertiary/aromatic N) is 1. The summed E-state index contributed by atoms with van der Waals surface area (Å²) in [4.78, 5) is 13.4. The third kappa shape index (κ3) is 4.47. The Morgan fingerprint density at radius 1 is 1.33 bits per heavy atom. The first-order valence-electron chi connectivity index (χ1n) is 7.04. The molecule has 1 aromatic carbocycles. The number of hydrogen-bond donors (Lipinski definition) is 2. The van der Waals surface area contributed by atoms with Gasteiger partial charge in [-0.2, -0.15) is 0 Å². The van der Waals surface area contributed by atoms with E-state index in [1.807, 2.05) is 0 Å². The summed E-state index contributed by atoms with van der Waals surface area (Å²) in [7, 11) is 0. The van der Waals surface area contributed by atoms with Gasteiger partial charge in [0.25, 0.3) is 0 Å². The molecule has 0 atom stereocenters. The molecule has 1 aromatic rings. The maximum absolute atomic E-state index is 13.3. The predicted octanol–water partition coefficient (Wildman–Crippen LogP) is 1.55. The fourth-order valence-corrected chi connectivity index (χ4v) is 2.98. The molecular weight excluding hydrogens is 289 g/mol. The average Bonchev–Trinajstić information content (AvgIpc) is 2.42. The SMILES string of the molecule is NC(=O)CC1CCN(Cc2ccc(F)cc2C(N)=S)CC1. The second kappa shape index (κ2) is 6.95. The minimum atomic E-state index is -0.332. The molecule has 0 aromatic heterocycles. The lowest BCUT2D eigenvalue weighted by Gasteiger charge is -2.31. The van der Waals surface area contributed by atoms with E-state index in [1.54, 1.807) is 6.07 Å². The van der Waals surface area contributed by atoms with Gasteiger partial charge in [-0.25, -0.2) is 4.39 Å². The number of benzene rings is 1. The van der Waals surface area contributed by atoms with Crippen LogP contribution in [0.3, 0.4) is 0 Å². The molecule has 4 N–H and O–H groups in total. The minimum absolute atomic E-state index is 0.216. The van der Waals surface area contributed by atoms with E-state index in [0.717, 1.165) is 31.5 Å². The highest BCUT2D eigenvalue weighted by molar-refractivity contribution is 7.80. The number of halogens is 1. The van der Waals surface area contributed by atoms with Crippen LogP contribution in [0.5, 0.6) is 0 Å². The number of piperidine rings is 1. The van der Waals surface area contributed by atoms with Crippen molar-refractivity contribution in [1.82, 2.24) is 4.90 Å². The highest BCUT2D eigenvalue weighted by atomic mass is 32.1. The van der Waals surface area contributed by atoms with Gasteiger partial charge in [0.05, 0.1) is 0 Å². The van der Waals surface area contributed by atoms with E-state index < -0.39 is 0 Å². The molecule has 0 bridgehead atoms. The lowest BCUT2D eigenvalue weighted by molar-refractivity contribution is -0.119. The van der Waals surface area contributed by atoms with Crippen molar-refractivity contribution >= 4 is 23.1 Å². The second-order valence-corrected chi connectivity index (χ2v) is 6.00. The zero-order valence-corrected chi connectivity index (χ0v) is 12.7. The zero-order valence-electron chi connectivity index (χ0n) is 11.8. The summed E-state index contributed by atoms with van der Waals surface area (Å²) in [5.41, 5.74) is 12.4. The van der Waals surface area contributed by atoms with Gasteiger partial charge in [-0.15, -0.1) is 0 Å². The van der Waals surface area contributed by atoms with Gasteiger partial charge in [-0.05, 0) is 49.5 Å². The lowest BCUT2D eigenvalue weighted by Crippen LogP contribution is -2.35. The molecule has 1 fully saturated rings. The summed E-state index contributed by atoms with van der Waals surface area (Å²) in [5, 5.41) is 0. The summed E-state index contributed by atoms with van der Waals surface area (Å²) in [5.74, 6) is -0.188. The number of hydrogen-bond acceptors (Lipinski definition) is 3. The highest BCUT2D eigenvalue weighted by Crippen LogP contribution is 2.22. The molecule has 0 aliphatic carbocycles. The quantitative estimate of drug-likeness (QED) is 0.810. The van der Waals surface area contributed by atoms with E-state index in [9.17, 15) is 9.18 Å². The Balaban J connectivity index is 1.97. The molecule has 6 heteroatoms. The van der Waals surface area contributed by atoms with E-state index in [-0.39, 0.29) is 16.7 Å². The molecule has 114 valence electrons. The number of amides is 1. The molecule has 2 rings (SSSR count). The maximum atomic E-state index is 13.3. The Hall–Kier alpha value is -1.53. The van der Waals surface area contributed by atoms with Crippen LogP contribution in [0, 0.1) is 11.7 Å². The Labute approximate surface area is 129 Å². The van der Waals surface area contributed by atoms with Gasteiger partial charge < -0.3 is 11.5 Å². The number of thiocarbonyl (C=S) groups is 1. The molecule has 1 aliphatic rings. The largest absolute Gasteiger partial charge is 0.389 e. The van der Waals surface area contributed by atoms with Crippen molar-refractivity contribution in [2.24, 2.45) is 17.4 Å². The number of rotatable bonds is 5. The van der Waals surface area contributed by atoms with Crippen LogP contribution in [-0.2, 0) is 11.3 Å². The first kappa shape index (κ1) is 15.9. The van der Waals surface area contributed by atoms with Crippen LogP contribution < -0.4 is 11.5 Å². The molecule has 0 radical (unpaired) electrons. The van der Waals surface area contributed by atoms with Gasteiger partial charge in [0, 0.05) is 18.5 Å². The number of nitrogens with two attached hydrogens (primary N) is 2. The van der Waals surface area contributed by atoms with E-state index in [2.05, 4.69) is 4.90 Å². The van der Waals surface area contributed by atoms with Crippen molar-refractivity contribution in [2.45, 2.75) is 25.8 Å². The molecule has 1 heterocycles. The smallest absolute Gasteiger partial charge is 0.217 e.